The number of guanidine groups is 2. The number of para-hydroxylation sites is 2. The smallest absolute Gasteiger partial charge is 0.282 e. The number of nitrogens with two attached hydrogens (primary N) is 1. The number of anilines is 2. The van der Waals surface area contributed by atoms with Crippen LogP contribution >= 0.6 is 0 Å². The van der Waals surface area contributed by atoms with Gasteiger partial charge in [-0.1, -0.05) is 36.4 Å². The normalized spacial score (nSPS) is 21.2. The number of likely N-dealkylation sites (N-methyl/N-ethyl adjacent to an activating group) is 1. The van der Waals surface area contributed by atoms with Gasteiger partial charge in [-0.15, -0.1) is 0 Å². The summed E-state index contributed by atoms with van der Waals surface area (Å²) >= 11 is 0. The van der Waals surface area contributed by atoms with Crippen LogP contribution < -0.4 is 20.9 Å². The summed E-state index contributed by atoms with van der Waals surface area (Å²) < 4.78 is 0. The zero-order valence-corrected chi connectivity index (χ0v) is 14.7. The molecule has 2 aromatic rings. The summed E-state index contributed by atoms with van der Waals surface area (Å²) in [6.45, 7) is 2.67. The highest BCUT2D eigenvalue weighted by Crippen LogP contribution is 2.44. The lowest BCUT2D eigenvalue weighted by molar-refractivity contribution is -0.122. The van der Waals surface area contributed by atoms with E-state index in [9.17, 15) is 4.79 Å². The second-order valence-corrected chi connectivity index (χ2v) is 6.19. The standard InChI is InChI=1S/C19H20N6O/c1-3-25(13-9-5-4-6-10-13)18-21-17(20)22-19(23-18)14-11-7-8-12-15(14)24(2)16(19)26/h4-12H,3H2,1-2H3,(H3,20,21,22,23)/t19-/m0/s1. The van der Waals surface area contributed by atoms with E-state index in [0.717, 1.165) is 16.9 Å². The number of carbonyl (C=O) groups is 1. The van der Waals surface area contributed by atoms with Crippen LogP contribution in [0.25, 0.3) is 0 Å². The fourth-order valence-corrected chi connectivity index (χ4v) is 3.45. The first-order chi connectivity index (χ1) is 12.6. The van der Waals surface area contributed by atoms with Gasteiger partial charge < -0.3 is 15.5 Å². The van der Waals surface area contributed by atoms with Crippen molar-refractivity contribution >= 4 is 29.2 Å². The van der Waals surface area contributed by atoms with Crippen molar-refractivity contribution in [1.82, 2.24) is 5.32 Å². The van der Waals surface area contributed by atoms with Crippen molar-refractivity contribution in [3.8, 4) is 0 Å². The fourth-order valence-electron chi connectivity index (χ4n) is 3.45. The second kappa shape index (κ2) is 5.87. The zero-order valence-electron chi connectivity index (χ0n) is 14.7. The van der Waals surface area contributed by atoms with E-state index in [2.05, 4.69) is 10.3 Å². The molecule has 3 N–H and O–H groups in total. The monoisotopic (exact) mass is 348 g/mol. The summed E-state index contributed by atoms with van der Waals surface area (Å²) in [6.07, 6.45) is 0. The highest BCUT2D eigenvalue weighted by molar-refractivity contribution is 6.14. The molecule has 7 nitrogen and oxygen atoms in total. The third-order valence-corrected chi connectivity index (χ3v) is 4.67. The van der Waals surface area contributed by atoms with Crippen molar-refractivity contribution in [3.05, 3.63) is 60.2 Å². The highest BCUT2D eigenvalue weighted by Gasteiger charge is 2.52. The first kappa shape index (κ1) is 16.1. The van der Waals surface area contributed by atoms with Gasteiger partial charge in [0.2, 0.25) is 5.96 Å². The number of carbonyl (C=O) groups excluding carboxylic acids is 1. The Morgan fingerprint density at radius 3 is 2.54 bits per heavy atom. The summed E-state index contributed by atoms with van der Waals surface area (Å²) in [5.74, 6) is 0.456. The Morgan fingerprint density at radius 1 is 1.12 bits per heavy atom. The van der Waals surface area contributed by atoms with Gasteiger partial charge in [-0.3, -0.25) is 10.1 Å². The number of hydrogen-bond donors (Lipinski definition) is 2. The molecule has 7 heteroatoms. The molecular formula is C19H20N6O. The summed E-state index contributed by atoms with van der Waals surface area (Å²) in [5.41, 5.74) is 7.18. The van der Waals surface area contributed by atoms with Gasteiger partial charge in [0.25, 0.3) is 11.6 Å². The number of nitrogens with one attached hydrogen (secondary N) is 1. The third-order valence-electron chi connectivity index (χ3n) is 4.67. The van der Waals surface area contributed by atoms with E-state index in [0.29, 0.717) is 12.5 Å². The summed E-state index contributed by atoms with van der Waals surface area (Å²) in [4.78, 5) is 25.8. The molecular weight excluding hydrogens is 328 g/mol. The fraction of sp³-hybridized carbons (Fsp3) is 0.211. The van der Waals surface area contributed by atoms with E-state index < -0.39 is 5.66 Å². The number of aliphatic imine (C=N–C) groups is 2. The quantitative estimate of drug-likeness (QED) is 0.863. The van der Waals surface area contributed by atoms with Crippen LogP contribution in [0.2, 0.25) is 0 Å². The molecule has 0 aromatic heterocycles. The number of amides is 1. The molecule has 132 valence electrons. The molecule has 2 aliphatic rings. The average molecular weight is 348 g/mol. The minimum Gasteiger partial charge on any atom is -0.370 e. The maximum absolute atomic E-state index is 13.1. The lowest BCUT2D eigenvalue weighted by Crippen LogP contribution is -2.54. The second-order valence-electron chi connectivity index (χ2n) is 6.19. The van der Waals surface area contributed by atoms with Gasteiger partial charge in [-0.05, 0) is 25.1 Å². The molecule has 0 saturated carbocycles. The van der Waals surface area contributed by atoms with E-state index >= 15 is 0 Å². The zero-order chi connectivity index (χ0) is 18.3. The predicted octanol–water partition coefficient (Wildman–Crippen LogP) is 1.62. The molecule has 1 atom stereocenters. The van der Waals surface area contributed by atoms with Crippen LogP contribution in [-0.4, -0.2) is 31.4 Å². The van der Waals surface area contributed by atoms with Crippen molar-refractivity contribution in [3.63, 3.8) is 0 Å². The third kappa shape index (κ3) is 2.24. The van der Waals surface area contributed by atoms with Crippen LogP contribution in [0.15, 0.2) is 64.6 Å². The lowest BCUT2D eigenvalue weighted by Gasteiger charge is -2.32. The highest BCUT2D eigenvalue weighted by atomic mass is 16.2. The van der Waals surface area contributed by atoms with E-state index in [1.54, 1.807) is 11.9 Å². The Hall–Kier alpha value is -3.35. The largest absolute Gasteiger partial charge is 0.370 e. The van der Waals surface area contributed by atoms with Crippen LogP contribution in [0.1, 0.15) is 12.5 Å². The van der Waals surface area contributed by atoms with E-state index in [-0.39, 0.29) is 11.9 Å². The summed E-state index contributed by atoms with van der Waals surface area (Å²) in [7, 11) is 1.73. The molecule has 1 spiro atoms. The van der Waals surface area contributed by atoms with E-state index in [1.807, 2.05) is 66.4 Å². The Labute approximate surface area is 151 Å². The van der Waals surface area contributed by atoms with Gasteiger partial charge >= 0.3 is 0 Å². The van der Waals surface area contributed by atoms with Crippen LogP contribution in [0.4, 0.5) is 11.4 Å². The first-order valence-corrected chi connectivity index (χ1v) is 8.49. The van der Waals surface area contributed by atoms with E-state index in [4.69, 9.17) is 10.7 Å². The van der Waals surface area contributed by atoms with Gasteiger partial charge in [0.15, 0.2) is 5.96 Å². The van der Waals surface area contributed by atoms with Crippen LogP contribution in [0, 0.1) is 0 Å². The Balaban J connectivity index is 1.87. The maximum atomic E-state index is 13.1. The molecule has 0 aliphatic carbocycles. The van der Waals surface area contributed by atoms with Crippen LogP contribution in [0.3, 0.4) is 0 Å². The molecule has 0 bridgehead atoms. The SMILES string of the molecule is CCN(C1=N[C@]2(N=C(N)N1)C(=O)N(C)c1ccccc12)c1ccccc1. The van der Waals surface area contributed by atoms with Gasteiger partial charge in [0.1, 0.15) is 0 Å². The Morgan fingerprint density at radius 2 is 1.81 bits per heavy atom. The molecule has 26 heavy (non-hydrogen) atoms. The molecule has 0 fully saturated rings. The van der Waals surface area contributed by atoms with Crippen molar-refractivity contribution in [2.24, 2.45) is 15.7 Å². The topological polar surface area (TPSA) is 86.3 Å². The lowest BCUT2D eigenvalue weighted by atomic mass is 10.0. The Kier molecular flexibility index (Phi) is 3.64. The van der Waals surface area contributed by atoms with Crippen molar-refractivity contribution < 1.29 is 4.79 Å². The average Bonchev–Trinajstić information content (AvgIpc) is 2.85. The van der Waals surface area contributed by atoms with Crippen LogP contribution in [0.5, 0.6) is 0 Å². The number of benzene rings is 2. The molecule has 0 saturated heterocycles. The van der Waals surface area contributed by atoms with Gasteiger partial charge in [-0.2, -0.15) is 0 Å². The number of rotatable bonds is 2. The maximum Gasteiger partial charge on any atom is 0.282 e. The number of fused-ring (bicyclic) bond motifs is 2. The molecule has 0 radical (unpaired) electrons. The van der Waals surface area contributed by atoms with Crippen molar-refractivity contribution in [2.45, 2.75) is 12.6 Å². The Bertz CT molecular complexity index is 923. The summed E-state index contributed by atoms with van der Waals surface area (Å²) in [5, 5.41) is 3.02. The molecule has 0 unspecified atom stereocenters. The molecule has 2 aliphatic heterocycles. The van der Waals surface area contributed by atoms with Crippen molar-refractivity contribution in [1.29, 1.82) is 0 Å². The number of hydrogen-bond acceptors (Lipinski definition) is 6. The van der Waals surface area contributed by atoms with Gasteiger partial charge in [0.05, 0.1) is 5.69 Å². The van der Waals surface area contributed by atoms with Crippen LogP contribution in [-0.2, 0) is 10.5 Å². The van der Waals surface area contributed by atoms with Gasteiger partial charge in [0, 0.05) is 24.8 Å². The van der Waals surface area contributed by atoms with E-state index in [1.165, 1.54) is 0 Å². The first-order valence-electron chi connectivity index (χ1n) is 8.49. The molecule has 4 rings (SSSR count). The minimum absolute atomic E-state index is 0.169. The summed E-state index contributed by atoms with van der Waals surface area (Å²) in [6, 6.07) is 17.4. The van der Waals surface area contributed by atoms with Gasteiger partial charge in [-0.25, -0.2) is 9.98 Å². The predicted molar refractivity (Wildman–Crippen MR) is 103 cm³/mol. The molecule has 1 amide bonds. The molecule has 2 heterocycles. The van der Waals surface area contributed by atoms with Crippen molar-refractivity contribution in [2.75, 3.05) is 23.4 Å². The minimum atomic E-state index is -1.38. The molecule has 2 aromatic carbocycles. The number of nitrogens with zero attached hydrogens (tertiary/aromatic N) is 4.